The number of halogens is 1. The number of nitrogens with one attached hydrogen (secondary N) is 1. The maximum Gasteiger partial charge on any atom is 0.180 e. The van der Waals surface area contributed by atoms with Crippen LogP contribution >= 0.6 is 0 Å². The third kappa shape index (κ3) is 3.19. The van der Waals surface area contributed by atoms with Crippen LogP contribution in [-0.4, -0.2) is 26.5 Å². The zero-order chi connectivity index (χ0) is 18.8. The number of aryl methyl sites for hydroxylation is 1. The molecule has 3 aromatic heterocycles. The van der Waals surface area contributed by atoms with Crippen LogP contribution in [0.25, 0.3) is 16.9 Å². The fourth-order valence-corrected chi connectivity index (χ4v) is 3.06. The van der Waals surface area contributed by atoms with Crippen LogP contribution in [0, 0.1) is 12.7 Å². The molecule has 6 nitrogen and oxygen atoms in total. The monoisotopic (exact) mass is 363 g/mol. The van der Waals surface area contributed by atoms with E-state index in [0.29, 0.717) is 18.0 Å². The molecule has 7 heteroatoms. The SMILES string of the molecule is COc1ccc(-c2c(C)nc3c(NCc4ccncc4)nccn23)cc1F. The molecule has 3 heterocycles. The van der Waals surface area contributed by atoms with Crippen LogP contribution in [0.15, 0.2) is 55.1 Å². The van der Waals surface area contributed by atoms with Gasteiger partial charge in [-0.05, 0) is 42.8 Å². The lowest BCUT2D eigenvalue weighted by molar-refractivity contribution is 0.386. The molecule has 0 amide bonds. The molecular formula is C20H18FN5O. The predicted molar refractivity (Wildman–Crippen MR) is 101 cm³/mol. The molecule has 0 saturated heterocycles. The number of hydrogen-bond donors (Lipinski definition) is 1. The fourth-order valence-electron chi connectivity index (χ4n) is 3.06. The van der Waals surface area contributed by atoms with Crippen LogP contribution in [0.5, 0.6) is 5.75 Å². The molecule has 0 spiro atoms. The number of methoxy groups -OCH3 is 1. The normalized spacial score (nSPS) is 10.9. The molecule has 0 radical (unpaired) electrons. The van der Waals surface area contributed by atoms with Crippen LogP contribution in [0.1, 0.15) is 11.3 Å². The van der Waals surface area contributed by atoms with E-state index >= 15 is 0 Å². The average molecular weight is 363 g/mol. The van der Waals surface area contributed by atoms with Crippen molar-refractivity contribution in [3.05, 3.63) is 72.2 Å². The molecule has 4 rings (SSSR count). The molecule has 0 unspecified atom stereocenters. The molecule has 0 atom stereocenters. The van der Waals surface area contributed by atoms with Gasteiger partial charge in [0.15, 0.2) is 23.0 Å². The van der Waals surface area contributed by atoms with Gasteiger partial charge in [-0.2, -0.15) is 0 Å². The van der Waals surface area contributed by atoms with Crippen LogP contribution in [0.2, 0.25) is 0 Å². The van der Waals surface area contributed by atoms with Gasteiger partial charge in [-0.15, -0.1) is 0 Å². The van der Waals surface area contributed by atoms with Gasteiger partial charge in [-0.3, -0.25) is 9.38 Å². The first-order chi connectivity index (χ1) is 13.2. The van der Waals surface area contributed by atoms with Crippen molar-refractivity contribution in [2.24, 2.45) is 0 Å². The summed E-state index contributed by atoms with van der Waals surface area (Å²) in [6.45, 7) is 2.50. The van der Waals surface area contributed by atoms with E-state index in [2.05, 4.69) is 20.3 Å². The number of aromatic nitrogens is 4. The maximum atomic E-state index is 14.2. The molecule has 0 saturated carbocycles. The van der Waals surface area contributed by atoms with Crippen molar-refractivity contribution in [2.75, 3.05) is 12.4 Å². The second-order valence-corrected chi connectivity index (χ2v) is 6.07. The molecule has 0 fully saturated rings. The van der Waals surface area contributed by atoms with Gasteiger partial charge in [0, 0.05) is 36.9 Å². The summed E-state index contributed by atoms with van der Waals surface area (Å²) in [6.07, 6.45) is 7.03. The molecule has 1 aromatic carbocycles. The number of rotatable bonds is 5. The van der Waals surface area contributed by atoms with Gasteiger partial charge >= 0.3 is 0 Å². The molecule has 0 aliphatic carbocycles. The molecule has 0 aliphatic heterocycles. The number of pyridine rings is 1. The molecular weight excluding hydrogens is 345 g/mol. The Morgan fingerprint density at radius 1 is 1.15 bits per heavy atom. The van der Waals surface area contributed by atoms with Crippen molar-refractivity contribution in [3.8, 4) is 17.0 Å². The zero-order valence-electron chi connectivity index (χ0n) is 15.0. The second-order valence-electron chi connectivity index (χ2n) is 6.07. The predicted octanol–water partition coefficient (Wildman–Crippen LogP) is 3.86. The van der Waals surface area contributed by atoms with Gasteiger partial charge in [-0.25, -0.2) is 14.4 Å². The minimum Gasteiger partial charge on any atom is -0.494 e. The highest BCUT2D eigenvalue weighted by Crippen LogP contribution is 2.30. The number of nitrogens with zero attached hydrogens (tertiary/aromatic N) is 4. The van der Waals surface area contributed by atoms with Crippen molar-refractivity contribution < 1.29 is 9.13 Å². The minimum atomic E-state index is -0.408. The standard InChI is InChI=1S/C20H18FN5O/c1-13-18(15-3-4-17(27-2)16(21)11-15)26-10-9-23-19(20(26)25-13)24-12-14-5-7-22-8-6-14/h3-11H,12H2,1-2H3,(H,23,24). The Labute approximate surface area is 155 Å². The van der Waals surface area contributed by atoms with Crippen LogP contribution in [0.4, 0.5) is 10.2 Å². The Balaban J connectivity index is 1.73. The van der Waals surface area contributed by atoms with Crippen molar-refractivity contribution in [3.63, 3.8) is 0 Å². The van der Waals surface area contributed by atoms with Crippen LogP contribution < -0.4 is 10.1 Å². The molecule has 1 N–H and O–H groups in total. The van der Waals surface area contributed by atoms with Crippen LogP contribution in [0.3, 0.4) is 0 Å². The first-order valence-corrected chi connectivity index (χ1v) is 8.47. The smallest absolute Gasteiger partial charge is 0.180 e. The van der Waals surface area contributed by atoms with Gasteiger partial charge in [0.1, 0.15) is 0 Å². The number of benzene rings is 1. The lowest BCUT2D eigenvalue weighted by atomic mass is 10.1. The Bertz CT molecular complexity index is 1090. The van der Waals surface area contributed by atoms with E-state index in [4.69, 9.17) is 4.74 Å². The number of imidazole rings is 1. The van der Waals surface area contributed by atoms with Gasteiger partial charge in [0.2, 0.25) is 0 Å². The van der Waals surface area contributed by atoms with E-state index in [1.807, 2.05) is 35.7 Å². The minimum absolute atomic E-state index is 0.214. The van der Waals surface area contributed by atoms with Gasteiger partial charge < -0.3 is 10.1 Å². The van der Waals surface area contributed by atoms with Crippen molar-refractivity contribution in [2.45, 2.75) is 13.5 Å². The summed E-state index contributed by atoms with van der Waals surface area (Å²) in [7, 11) is 1.45. The first kappa shape index (κ1) is 17.0. The number of fused-ring (bicyclic) bond motifs is 1. The molecule has 0 aliphatic rings. The quantitative estimate of drug-likeness (QED) is 0.583. The zero-order valence-corrected chi connectivity index (χ0v) is 15.0. The van der Waals surface area contributed by atoms with Crippen molar-refractivity contribution in [1.29, 1.82) is 0 Å². The average Bonchev–Trinajstić information content (AvgIpc) is 3.03. The molecule has 27 heavy (non-hydrogen) atoms. The summed E-state index contributed by atoms with van der Waals surface area (Å²) in [5, 5.41) is 3.31. The Morgan fingerprint density at radius 3 is 2.70 bits per heavy atom. The largest absolute Gasteiger partial charge is 0.494 e. The van der Waals surface area contributed by atoms with Gasteiger partial charge in [0.25, 0.3) is 0 Å². The lowest BCUT2D eigenvalue weighted by Gasteiger charge is -2.09. The third-order valence-electron chi connectivity index (χ3n) is 4.35. The number of anilines is 1. The highest BCUT2D eigenvalue weighted by atomic mass is 19.1. The number of ether oxygens (including phenoxy) is 1. The third-order valence-corrected chi connectivity index (χ3v) is 4.35. The second kappa shape index (κ2) is 7.03. The highest BCUT2D eigenvalue weighted by molar-refractivity contribution is 5.73. The summed E-state index contributed by atoms with van der Waals surface area (Å²) in [6, 6.07) is 8.78. The Hall–Kier alpha value is -3.48. The molecule has 0 bridgehead atoms. The van der Waals surface area contributed by atoms with Gasteiger partial charge in [-0.1, -0.05) is 0 Å². The van der Waals surface area contributed by atoms with E-state index in [1.165, 1.54) is 13.2 Å². The van der Waals surface area contributed by atoms with E-state index in [0.717, 1.165) is 22.5 Å². The molecule has 136 valence electrons. The fraction of sp³-hybridized carbons (Fsp3) is 0.150. The Kier molecular flexibility index (Phi) is 4.42. The summed E-state index contributed by atoms with van der Waals surface area (Å²) < 4.78 is 21.1. The molecule has 4 aromatic rings. The maximum absolute atomic E-state index is 14.2. The topological polar surface area (TPSA) is 64.3 Å². The highest BCUT2D eigenvalue weighted by Gasteiger charge is 2.16. The lowest BCUT2D eigenvalue weighted by Crippen LogP contribution is -2.04. The Morgan fingerprint density at radius 2 is 1.96 bits per heavy atom. The van der Waals surface area contributed by atoms with Gasteiger partial charge in [0.05, 0.1) is 18.5 Å². The summed E-state index contributed by atoms with van der Waals surface area (Å²) in [4.78, 5) is 13.1. The van der Waals surface area contributed by atoms with E-state index < -0.39 is 5.82 Å². The first-order valence-electron chi connectivity index (χ1n) is 8.47. The van der Waals surface area contributed by atoms with E-state index in [-0.39, 0.29) is 5.75 Å². The van der Waals surface area contributed by atoms with E-state index in [1.54, 1.807) is 24.7 Å². The summed E-state index contributed by atoms with van der Waals surface area (Å²) >= 11 is 0. The summed E-state index contributed by atoms with van der Waals surface area (Å²) in [5.41, 5.74) is 4.12. The van der Waals surface area contributed by atoms with Crippen LogP contribution in [-0.2, 0) is 6.54 Å². The number of hydrogen-bond acceptors (Lipinski definition) is 5. The van der Waals surface area contributed by atoms with E-state index in [9.17, 15) is 4.39 Å². The summed E-state index contributed by atoms with van der Waals surface area (Å²) in [5.74, 6) is 0.471. The van der Waals surface area contributed by atoms with Crippen molar-refractivity contribution in [1.82, 2.24) is 19.4 Å². The van der Waals surface area contributed by atoms with Crippen molar-refractivity contribution >= 4 is 11.5 Å².